The number of aliphatic carboxylic acids is 1. The van der Waals surface area contributed by atoms with E-state index < -0.39 is 28.8 Å². The predicted octanol–water partition coefficient (Wildman–Crippen LogP) is -0.138. The average Bonchev–Trinajstić information content (AvgIpc) is 2.90. The van der Waals surface area contributed by atoms with Crippen molar-refractivity contribution in [1.82, 2.24) is 20.6 Å². The largest absolute Gasteiger partial charge is 0.480 e. The van der Waals surface area contributed by atoms with Crippen molar-refractivity contribution in [2.45, 2.75) is 31.1 Å². The van der Waals surface area contributed by atoms with E-state index in [-0.39, 0.29) is 11.7 Å². The minimum absolute atomic E-state index is 0.0226. The van der Waals surface area contributed by atoms with E-state index in [2.05, 4.69) is 20.6 Å². The van der Waals surface area contributed by atoms with Gasteiger partial charge in [-0.15, -0.1) is 0 Å². The minimum Gasteiger partial charge on any atom is -0.480 e. The first-order valence-corrected chi connectivity index (χ1v) is 8.09. The van der Waals surface area contributed by atoms with E-state index in [4.69, 9.17) is 5.11 Å². The van der Waals surface area contributed by atoms with Crippen molar-refractivity contribution in [2.24, 2.45) is 0 Å². The van der Waals surface area contributed by atoms with Gasteiger partial charge in [-0.05, 0) is 6.42 Å². The number of imidazole rings is 1. The van der Waals surface area contributed by atoms with Crippen molar-refractivity contribution in [3.63, 3.8) is 0 Å². The topological polar surface area (TPSA) is 124 Å². The molecule has 0 spiro atoms. The van der Waals surface area contributed by atoms with E-state index in [1.807, 2.05) is 6.92 Å². The van der Waals surface area contributed by atoms with E-state index in [9.17, 15) is 13.8 Å². The van der Waals surface area contributed by atoms with Gasteiger partial charge in [0, 0.05) is 47.2 Å². The lowest BCUT2D eigenvalue weighted by molar-refractivity contribution is -0.139. The maximum Gasteiger partial charge on any atom is 0.326 e. The molecule has 0 fully saturated rings. The Bertz CT molecular complexity index is 491. The van der Waals surface area contributed by atoms with Gasteiger partial charge in [-0.3, -0.25) is 4.21 Å². The number of nitrogens with zero attached hydrogens (tertiary/aromatic N) is 1. The van der Waals surface area contributed by atoms with Gasteiger partial charge in [0.25, 0.3) is 0 Å². The second-order valence-corrected chi connectivity index (χ2v) is 6.47. The Balaban J connectivity index is 2.39. The Kier molecular flexibility index (Phi) is 6.86. The third-order valence-electron chi connectivity index (χ3n) is 2.99. The summed E-state index contributed by atoms with van der Waals surface area (Å²) in [5.41, 5.74) is 0.623. The van der Waals surface area contributed by atoms with Gasteiger partial charge in [0.2, 0.25) is 0 Å². The number of carbonyl (C=O) groups excluding carboxylic acids is 1. The van der Waals surface area contributed by atoms with E-state index in [1.165, 1.54) is 12.5 Å². The zero-order chi connectivity index (χ0) is 15.8. The van der Waals surface area contributed by atoms with Crippen molar-refractivity contribution >= 4 is 22.8 Å². The van der Waals surface area contributed by atoms with Crippen LogP contribution in [0, 0.1) is 0 Å². The molecule has 0 aliphatic heterocycles. The van der Waals surface area contributed by atoms with Gasteiger partial charge in [-0.25, -0.2) is 14.6 Å². The van der Waals surface area contributed by atoms with Gasteiger partial charge >= 0.3 is 12.0 Å². The molecule has 0 saturated heterocycles. The first-order valence-electron chi connectivity index (χ1n) is 6.46. The Morgan fingerprint density at radius 2 is 2.24 bits per heavy atom. The number of H-pyrrole nitrogens is 1. The molecule has 0 aromatic carbocycles. The standard InChI is InChI=1S/C12H20N4O4S/c1-8(21(2)20)3-4-14-12(19)16-10(11(17)18)5-9-6-13-7-15-9/h6-8,10H,3-5H2,1-2H3,(H,13,15)(H,17,18)(H2,14,16,19)/t8?,10-,21?/m0/s1. The summed E-state index contributed by atoms with van der Waals surface area (Å²) < 4.78 is 11.2. The Labute approximate surface area is 125 Å². The summed E-state index contributed by atoms with van der Waals surface area (Å²) in [5.74, 6) is -1.12. The zero-order valence-electron chi connectivity index (χ0n) is 12.0. The maximum absolute atomic E-state index is 11.7. The summed E-state index contributed by atoms with van der Waals surface area (Å²) in [6.07, 6.45) is 5.25. The summed E-state index contributed by atoms with van der Waals surface area (Å²) in [7, 11) is -0.942. The monoisotopic (exact) mass is 316 g/mol. The lowest BCUT2D eigenvalue weighted by Gasteiger charge is -2.15. The number of carboxylic acids is 1. The highest BCUT2D eigenvalue weighted by Crippen LogP contribution is 1.99. The number of rotatable bonds is 8. The number of carboxylic acid groups (broad SMARTS) is 1. The molecule has 0 radical (unpaired) electrons. The van der Waals surface area contributed by atoms with E-state index in [0.717, 1.165) is 0 Å². The second-order valence-electron chi connectivity index (χ2n) is 4.67. The molecule has 21 heavy (non-hydrogen) atoms. The van der Waals surface area contributed by atoms with Crippen molar-refractivity contribution < 1.29 is 18.9 Å². The fourth-order valence-electron chi connectivity index (χ4n) is 1.58. The molecule has 0 bridgehead atoms. The quantitative estimate of drug-likeness (QED) is 0.531. The molecule has 1 heterocycles. The van der Waals surface area contributed by atoms with Crippen LogP contribution in [0.25, 0.3) is 0 Å². The zero-order valence-corrected chi connectivity index (χ0v) is 12.8. The van der Waals surface area contributed by atoms with Crippen molar-refractivity contribution in [3.8, 4) is 0 Å². The minimum atomic E-state index is -1.12. The molecule has 1 rings (SSSR count). The number of urea groups is 1. The molecule has 2 amide bonds. The lowest BCUT2D eigenvalue weighted by Crippen LogP contribution is -2.47. The smallest absolute Gasteiger partial charge is 0.326 e. The fraction of sp³-hybridized carbons (Fsp3) is 0.583. The summed E-state index contributed by atoms with van der Waals surface area (Å²) in [6, 6.07) is -1.60. The van der Waals surface area contributed by atoms with Gasteiger partial charge in [0.1, 0.15) is 6.04 Å². The second kappa shape index (κ2) is 8.40. The third-order valence-corrected chi connectivity index (χ3v) is 4.35. The van der Waals surface area contributed by atoms with Gasteiger partial charge < -0.3 is 20.7 Å². The van der Waals surface area contributed by atoms with Crippen LogP contribution in [-0.4, -0.2) is 55.4 Å². The summed E-state index contributed by atoms with van der Waals surface area (Å²) >= 11 is 0. The first-order chi connectivity index (χ1) is 9.90. The molecule has 3 atom stereocenters. The maximum atomic E-state index is 11.7. The van der Waals surface area contributed by atoms with Crippen LogP contribution in [-0.2, 0) is 22.0 Å². The highest BCUT2D eigenvalue weighted by molar-refractivity contribution is 7.84. The Morgan fingerprint density at radius 1 is 1.52 bits per heavy atom. The number of nitrogens with one attached hydrogen (secondary N) is 3. The van der Waals surface area contributed by atoms with Crippen LogP contribution in [0.3, 0.4) is 0 Å². The average molecular weight is 316 g/mol. The Hall–Kier alpha value is -1.90. The normalized spacial score (nSPS) is 15.0. The summed E-state index contributed by atoms with van der Waals surface area (Å²) in [4.78, 5) is 29.3. The number of amides is 2. The molecule has 0 saturated carbocycles. The van der Waals surface area contributed by atoms with Gasteiger partial charge in [-0.1, -0.05) is 6.92 Å². The van der Waals surface area contributed by atoms with Crippen LogP contribution in [0.5, 0.6) is 0 Å². The molecule has 2 unspecified atom stereocenters. The van der Waals surface area contributed by atoms with Crippen LogP contribution in [0.15, 0.2) is 12.5 Å². The van der Waals surface area contributed by atoms with Crippen LogP contribution in [0.2, 0.25) is 0 Å². The molecule has 8 nitrogen and oxygen atoms in total. The van der Waals surface area contributed by atoms with Gasteiger partial charge in [-0.2, -0.15) is 0 Å². The molecule has 9 heteroatoms. The molecule has 0 aliphatic carbocycles. The molecular weight excluding hydrogens is 296 g/mol. The fourth-order valence-corrected chi connectivity index (χ4v) is 2.03. The summed E-state index contributed by atoms with van der Waals surface area (Å²) in [6.45, 7) is 2.16. The Morgan fingerprint density at radius 3 is 2.76 bits per heavy atom. The van der Waals surface area contributed by atoms with E-state index in [1.54, 1.807) is 6.26 Å². The molecule has 1 aromatic heterocycles. The summed E-state index contributed by atoms with van der Waals surface area (Å²) in [5, 5.41) is 14.0. The molecule has 4 N–H and O–H groups in total. The van der Waals surface area contributed by atoms with Crippen molar-refractivity contribution in [2.75, 3.05) is 12.8 Å². The van der Waals surface area contributed by atoms with Crippen LogP contribution in [0.1, 0.15) is 19.0 Å². The van der Waals surface area contributed by atoms with Gasteiger partial charge in [0.05, 0.1) is 6.33 Å². The molecule has 118 valence electrons. The number of hydrogen-bond donors (Lipinski definition) is 4. The lowest BCUT2D eigenvalue weighted by atomic mass is 10.2. The number of aromatic nitrogens is 2. The van der Waals surface area contributed by atoms with Crippen LogP contribution in [0.4, 0.5) is 4.79 Å². The van der Waals surface area contributed by atoms with E-state index >= 15 is 0 Å². The third kappa shape index (κ3) is 6.39. The first kappa shape index (κ1) is 17.2. The highest BCUT2D eigenvalue weighted by atomic mass is 32.2. The van der Waals surface area contributed by atoms with Gasteiger partial charge in [0.15, 0.2) is 0 Å². The molecular formula is C12H20N4O4S. The molecule has 0 aliphatic rings. The molecule has 1 aromatic rings. The van der Waals surface area contributed by atoms with E-state index in [0.29, 0.717) is 18.7 Å². The van der Waals surface area contributed by atoms with Crippen LogP contribution < -0.4 is 10.6 Å². The number of hydrogen-bond acceptors (Lipinski definition) is 4. The van der Waals surface area contributed by atoms with Crippen molar-refractivity contribution in [1.29, 1.82) is 0 Å². The number of aromatic amines is 1. The van der Waals surface area contributed by atoms with Crippen LogP contribution >= 0.6 is 0 Å². The van der Waals surface area contributed by atoms with Crippen molar-refractivity contribution in [3.05, 3.63) is 18.2 Å². The number of carbonyl (C=O) groups is 2. The highest BCUT2D eigenvalue weighted by Gasteiger charge is 2.20. The predicted molar refractivity (Wildman–Crippen MR) is 78.4 cm³/mol. The SMILES string of the molecule is CC(CCNC(=O)N[C@@H](Cc1cnc[nH]1)C(=O)O)S(C)=O.